The lowest BCUT2D eigenvalue weighted by Crippen LogP contribution is -2.38. The van der Waals surface area contributed by atoms with Gasteiger partial charge in [0.2, 0.25) is 0 Å². The van der Waals surface area contributed by atoms with Crippen molar-refractivity contribution < 1.29 is 14.3 Å². The molecule has 0 saturated carbocycles. The van der Waals surface area contributed by atoms with Gasteiger partial charge in [0.05, 0.1) is 48.3 Å². The number of hydrogen-bond donors (Lipinski definition) is 2. The highest BCUT2D eigenvalue weighted by molar-refractivity contribution is 6.02. The SMILES string of the molecule is COCC(Nc1c(C(N)=O)cnn2cc(-c3ccccc3)cc12)C(C)OCc1ccccc1. The van der Waals surface area contributed by atoms with Crippen molar-refractivity contribution in [3.63, 3.8) is 0 Å². The Labute approximate surface area is 193 Å². The molecule has 0 spiro atoms. The average molecular weight is 445 g/mol. The van der Waals surface area contributed by atoms with Crippen LogP contribution < -0.4 is 11.1 Å². The van der Waals surface area contributed by atoms with Crippen LogP contribution in [-0.2, 0) is 16.1 Å². The number of carbonyl (C=O) groups excluding carboxylic acids is 1. The van der Waals surface area contributed by atoms with Crippen molar-refractivity contribution in [2.45, 2.75) is 25.7 Å². The van der Waals surface area contributed by atoms with Crippen LogP contribution in [0.15, 0.2) is 79.1 Å². The molecule has 4 rings (SSSR count). The first kappa shape index (κ1) is 22.5. The molecule has 2 heterocycles. The number of anilines is 1. The zero-order valence-electron chi connectivity index (χ0n) is 18.8. The zero-order chi connectivity index (χ0) is 23.2. The van der Waals surface area contributed by atoms with Gasteiger partial charge in [-0.2, -0.15) is 5.10 Å². The lowest BCUT2D eigenvalue weighted by Gasteiger charge is -2.27. The quantitative estimate of drug-likeness (QED) is 0.384. The maximum Gasteiger partial charge on any atom is 0.252 e. The van der Waals surface area contributed by atoms with Crippen LogP contribution in [0.25, 0.3) is 16.6 Å². The average Bonchev–Trinajstić information content (AvgIpc) is 3.28. The molecule has 2 aromatic heterocycles. The van der Waals surface area contributed by atoms with Crippen LogP contribution in [0.3, 0.4) is 0 Å². The van der Waals surface area contributed by atoms with E-state index in [-0.39, 0.29) is 12.1 Å². The van der Waals surface area contributed by atoms with E-state index in [4.69, 9.17) is 15.2 Å². The number of ether oxygens (including phenoxy) is 2. The van der Waals surface area contributed by atoms with Crippen molar-refractivity contribution in [3.05, 3.63) is 90.3 Å². The standard InChI is InChI=1S/C26H28N4O3/c1-18(33-16-19-9-5-3-6-10-19)23(17-32-2)29-25-22(26(27)31)14-28-30-15-21(13-24(25)30)20-11-7-4-8-12-20/h3-15,18,23,29H,16-17H2,1-2H3,(H2,27,31). The fourth-order valence-corrected chi connectivity index (χ4v) is 3.76. The summed E-state index contributed by atoms with van der Waals surface area (Å²) in [7, 11) is 1.64. The Kier molecular flexibility index (Phi) is 7.02. The second-order valence-corrected chi connectivity index (χ2v) is 7.93. The van der Waals surface area contributed by atoms with Crippen molar-refractivity contribution in [1.29, 1.82) is 0 Å². The van der Waals surface area contributed by atoms with Gasteiger partial charge in [-0.05, 0) is 24.1 Å². The third kappa shape index (κ3) is 5.22. The van der Waals surface area contributed by atoms with Gasteiger partial charge in [0.25, 0.3) is 5.91 Å². The lowest BCUT2D eigenvalue weighted by atomic mass is 10.1. The molecule has 0 fully saturated rings. The van der Waals surface area contributed by atoms with Gasteiger partial charge in [-0.3, -0.25) is 4.79 Å². The predicted molar refractivity (Wildman–Crippen MR) is 129 cm³/mol. The molecule has 2 aromatic carbocycles. The van der Waals surface area contributed by atoms with E-state index < -0.39 is 5.91 Å². The molecule has 7 nitrogen and oxygen atoms in total. The number of fused-ring (bicyclic) bond motifs is 1. The number of nitrogens with two attached hydrogens (primary N) is 1. The molecule has 7 heteroatoms. The Morgan fingerprint density at radius 2 is 1.79 bits per heavy atom. The number of rotatable bonds is 10. The van der Waals surface area contributed by atoms with E-state index in [9.17, 15) is 4.79 Å². The summed E-state index contributed by atoms with van der Waals surface area (Å²) >= 11 is 0. The minimum atomic E-state index is -0.552. The van der Waals surface area contributed by atoms with E-state index in [1.165, 1.54) is 6.20 Å². The minimum absolute atomic E-state index is 0.206. The summed E-state index contributed by atoms with van der Waals surface area (Å²) in [5.41, 5.74) is 10.5. The number of methoxy groups -OCH3 is 1. The highest BCUT2D eigenvalue weighted by Crippen LogP contribution is 2.29. The maximum atomic E-state index is 12.2. The number of carbonyl (C=O) groups is 1. The molecular formula is C26H28N4O3. The molecule has 2 unspecified atom stereocenters. The van der Waals surface area contributed by atoms with Crippen LogP contribution >= 0.6 is 0 Å². The Hall–Kier alpha value is -3.68. The number of nitrogens with one attached hydrogen (secondary N) is 1. The molecular weight excluding hydrogens is 416 g/mol. The monoisotopic (exact) mass is 444 g/mol. The second-order valence-electron chi connectivity index (χ2n) is 7.93. The number of aromatic nitrogens is 2. The fourth-order valence-electron chi connectivity index (χ4n) is 3.76. The number of amides is 1. The first-order chi connectivity index (χ1) is 16.1. The maximum absolute atomic E-state index is 12.2. The highest BCUT2D eigenvalue weighted by atomic mass is 16.5. The molecule has 0 saturated heterocycles. The van der Waals surface area contributed by atoms with E-state index in [0.29, 0.717) is 24.5 Å². The van der Waals surface area contributed by atoms with Gasteiger partial charge in [0.1, 0.15) is 0 Å². The normalized spacial score (nSPS) is 13.0. The van der Waals surface area contributed by atoms with Crippen molar-refractivity contribution >= 4 is 17.1 Å². The van der Waals surface area contributed by atoms with Crippen LogP contribution in [0.1, 0.15) is 22.8 Å². The summed E-state index contributed by atoms with van der Waals surface area (Å²) in [4.78, 5) is 12.2. The van der Waals surface area contributed by atoms with Gasteiger partial charge < -0.3 is 20.5 Å². The molecule has 4 aromatic rings. The zero-order valence-corrected chi connectivity index (χ0v) is 18.8. The Balaban J connectivity index is 1.65. The van der Waals surface area contributed by atoms with Crippen LogP contribution in [0, 0.1) is 0 Å². The van der Waals surface area contributed by atoms with Crippen LogP contribution in [-0.4, -0.2) is 41.4 Å². The number of nitrogens with zero attached hydrogens (tertiary/aromatic N) is 2. The topological polar surface area (TPSA) is 90.9 Å². The molecule has 0 aliphatic rings. The summed E-state index contributed by atoms with van der Waals surface area (Å²) in [5.74, 6) is -0.552. The van der Waals surface area contributed by atoms with Gasteiger partial charge in [-0.25, -0.2) is 4.52 Å². The van der Waals surface area contributed by atoms with Crippen molar-refractivity contribution in [1.82, 2.24) is 9.61 Å². The lowest BCUT2D eigenvalue weighted by molar-refractivity contribution is 0.0209. The van der Waals surface area contributed by atoms with E-state index in [1.807, 2.05) is 79.9 Å². The summed E-state index contributed by atoms with van der Waals surface area (Å²) in [6, 6.07) is 21.8. The Bertz CT molecular complexity index is 1210. The predicted octanol–water partition coefficient (Wildman–Crippen LogP) is 4.13. The largest absolute Gasteiger partial charge is 0.382 e. The molecule has 2 atom stereocenters. The molecule has 1 amide bonds. The van der Waals surface area contributed by atoms with Crippen molar-refractivity contribution in [2.24, 2.45) is 5.73 Å². The molecule has 0 bridgehead atoms. The third-order valence-corrected chi connectivity index (χ3v) is 5.61. The number of hydrogen-bond acceptors (Lipinski definition) is 5. The van der Waals surface area contributed by atoms with Gasteiger partial charge in [-0.15, -0.1) is 0 Å². The fraction of sp³-hybridized carbons (Fsp3) is 0.231. The van der Waals surface area contributed by atoms with Crippen LogP contribution in [0.4, 0.5) is 5.69 Å². The molecule has 3 N–H and O–H groups in total. The Morgan fingerprint density at radius 1 is 1.09 bits per heavy atom. The van der Waals surface area contributed by atoms with Crippen LogP contribution in [0.2, 0.25) is 0 Å². The molecule has 33 heavy (non-hydrogen) atoms. The van der Waals surface area contributed by atoms with Crippen LogP contribution in [0.5, 0.6) is 0 Å². The summed E-state index contributed by atoms with van der Waals surface area (Å²) in [5, 5.41) is 7.86. The first-order valence-corrected chi connectivity index (χ1v) is 10.8. The highest BCUT2D eigenvalue weighted by Gasteiger charge is 2.23. The van der Waals surface area contributed by atoms with Gasteiger partial charge in [-0.1, -0.05) is 60.7 Å². The third-order valence-electron chi connectivity index (χ3n) is 5.61. The number of primary amides is 1. The first-order valence-electron chi connectivity index (χ1n) is 10.8. The summed E-state index contributed by atoms with van der Waals surface area (Å²) < 4.78 is 13.3. The van der Waals surface area contributed by atoms with E-state index >= 15 is 0 Å². The van der Waals surface area contributed by atoms with Gasteiger partial charge >= 0.3 is 0 Å². The number of benzene rings is 2. The van der Waals surface area contributed by atoms with E-state index in [2.05, 4.69) is 10.4 Å². The van der Waals surface area contributed by atoms with Crippen molar-refractivity contribution in [3.8, 4) is 11.1 Å². The smallest absolute Gasteiger partial charge is 0.252 e. The minimum Gasteiger partial charge on any atom is -0.382 e. The van der Waals surface area contributed by atoms with E-state index in [0.717, 1.165) is 22.2 Å². The summed E-state index contributed by atoms with van der Waals surface area (Å²) in [6.07, 6.45) is 3.22. The molecule has 0 aliphatic carbocycles. The van der Waals surface area contributed by atoms with Gasteiger partial charge in [0, 0.05) is 18.9 Å². The molecule has 0 radical (unpaired) electrons. The van der Waals surface area contributed by atoms with Crippen molar-refractivity contribution in [2.75, 3.05) is 19.0 Å². The summed E-state index contributed by atoms with van der Waals surface area (Å²) in [6.45, 7) is 2.84. The second kappa shape index (κ2) is 10.3. The molecule has 170 valence electrons. The Morgan fingerprint density at radius 3 is 2.45 bits per heavy atom. The van der Waals surface area contributed by atoms with Gasteiger partial charge in [0.15, 0.2) is 0 Å². The molecule has 0 aliphatic heterocycles. The van der Waals surface area contributed by atoms with E-state index in [1.54, 1.807) is 11.6 Å².